The van der Waals surface area contributed by atoms with Gasteiger partial charge in [-0.05, 0) is 24.0 Å². The fourth-order valence-electron chi connectivity index (χ4n) is 2.28. The molecule has 0 fully saturated rings. The molecule has 0 bridgehead atoms. The van der Waals surface area contributed by atoms with Crippen molar-refractivity contribution >= 4 is 10.3 Å². The number of fused-ring (bicyclic) bond motifs is 1. The maximum absolute atomic E-state index is 11.3. The molecule has 0 aliphatic heterocycles. The van der Waals surface area contributed by atoms with Crippen LogP contribution in [0.1, 0.15) is 23.6 Å². The standard InChI is InChI=1S/C12H13NO3S/c1-2-9-13(17(14,15)16)12-8-7-10-5-3-4-6-11(10)12/h1,3-6,12H,7-9H2,(H,14,15,16)/t12-/m1/s1. The quantitative estimate of drug-likeness (QED) is 0.653. The Bertz CT molecular complexity index is 559. The van der Waals surface area contributed by atoms with E-state index in [4.69, 9.17) is 6.42 Å². The molecule has 5 heteroatoms. The van der Waals surface area contributed by atoms with Crippen LogP contribution in [0.15, 0.2) is 24.3 Å². The van der Waals surface area contributed by atoms with E-state index in [0.29, 0.717) is 6.42 Å². The molecular formula is C12H13NO3S. The van der Waals surface area contributed by atoms with E-state index in [0.717, 1.165) is 21.9 Å². The van der Waals surface area contributed by atoms with Crippen molar-refractivity contribution in [3.05, 3.63) is 35.4 Å². The van der Waals surface area contributed by atoms with Gasteiger partial charge >= 0.3 is 10.3 Å². The highest BCUT2D eigenvalue weighted by atomic mass is 32.2. The smallest absolute Gasteiger partial charge is 0.273 e. The number of hydrogen-bond acceptors (Lipinski definition) is 2. The van der Waals surface area contributed by atoms with Gasteiger partial charge < -0.3 is 0 Å². The second-order valence-electron chi connectivity index (χ2n) is 3.98. The second kappa shape index (κ2) is 4.49. The number of rotatable bonds is 3. The first-order valence-corrected chi connectivity index (χ1v) is 6.69. The predicted molar refractivity (Wildman–Crippen MR) is 64.6 cm³/mol. The molecule has 0 saturated heterocycles. The van der Waals surface area contributed by atoms with Gasteiger partial charge in [0.15, 0.2) is 0 Å². The lowest BCUT2D eigenvalue weighted by Gasteiger charge is -2.23. The lowest BCUT2D eigenvalue weighted by molar-refractivity contribution is 0.309. The van der Waals surface area contributed by atoms with E-state index in [1.165, 1.54) is 0 Å². The average molecular weight is 251 g/mol. The van der Waals surface area contributed by atoms with Crippen LogP contribution in [-0.2, 0) is 16.7 Å². The van der Waals surface area contributed by atoms with Crippen molar-refractivity contribution in [1.29, 1.82) is 0 Å². The molecule has 90 valence electrons. The van der Waals surface area contributed by atoms with Crippen molar-refractivity contribution in [2.45, 2.75) is 18.9 Å². The molecule has 1 aliphatic carbocycles. The van der Waals surface area contributed by atoms with Crippen LogP contribution < -0.4 is 0 Å². The molecule has 0 spiro atoms. The Kier molecular flexibility index (Phi) is 3.20. The highest BCUT2D eigenvalue weighted by Gasteiger charge is 2.33. The molecule has 0 amide bonds. The van der Waals surface area contributed by atoms with E-state index in [1.807, 2.05) is 24.3 Å². The summed E-state index contributed by atoms with van der Waals surface area (Å²) in [4.78, 5) is 0. The third-order valence-electron chi connectivity index (χ3n) is 2.99. The van der Waals surface area contributed by atoms with Gasteiger partial charge in [-0.15, -0.1) is 6.42 Å². The zero-order valence-electron chi connectivity index (χ0n) is 9.20. The zero-order chi connectivity index (χ0) is 12.5. The third kappa shape index (κ3) is 2.34. The van der Waals surface area contributed by atoms with Crippen LogP contribution in [0, 0.1) is 12.3 Å². The SMILES string of the molecule is C#CCN([C@@H]1CCc2ccccc21)S(=O)(=O)O. The van der Waals surface area contributed by atoms with Crippen LogP contribution in [0.25, 0.3) is 0 Å². The van der Waals surface area contributed by atoms with Crippen LogP contribution in [0.5, 0.6) is 0 Å². The molecule has 0 heterocycles. The lowest BCUT2D eigenvalue weighted by Crippen LogP contribution is -2.33. The summed E-state index contributed by atoms with van der Waals surface area (Å²) in [5.41, 5.74) is 2.04. The molecule has 2 rings (SSSR count). The predicted octanol–water partition coefficient (Wildman–Crippen LogP) is 1.41. The Morgan fingerprint density at radius 2 is 2.18 bits per heavy atom. The highest BCUT2D eigenvalue weighted by molar-refractivity contribution is 7.83. The van der Waals surface area contributed by atoms with Crippen molar-refractivity contribution in [3.8, 4) is 12.3 Å². The van der Waals surface area contributed by atoms with Crippen LogP contribution in [-0.4, -0.2) is 23.8 Å². The lowest BCUT2D eigenvalue weighted by atomic mass is 10.1. The van der Waals surface area contributed by atoms with Crippen LogP contribution in [0.4, 0.5) is 0 Å². The first-order valence-electron chi connectivity index (χ1n) is 5.29. The zero-order valence-corrected chi connectivity index (χ0v) is 10.0. The Morgan fingerprint density at radius 3 is 2.82 bits per heavy atom. The molecule has 0 radical (unpaired) electrons. The fourth-order valence-corrected chi connectivity index (χ4v) is 3.05. The van der Waals surface area contributed by atoms with Crippen molar-refractivity contribution in [2.24, 2.45) is 0 Å². The molecule has 0 unspecified atom stereocenters. The van der Waals surface area contributed by atoms with Crippen molar-refractivity contribution in [1.82, 2.24) is 4.31 Å². The number of benzene rings is 1. The molecule has 0 saturated carbocycles. The monoisotopic (exact) mass is 251 g/mol. The number of nitrogens with zero attached hydrogens (tertiary/aromatic N) is 1. The summed E-state index contributed by atoms with van der Waals surface area (Å²) in [5, 5.41) is 0. The van der Waals surface area contributed by atoms with E-state index in [-0.39, 0.29) is 12.6 Å². The highest BCUT2D eigenvalue weighted by Crippen LogP contribution is 2.36. The molecule has 1 aliphatic rings. The van der Waals surface area contributed by atoms with Gasteiger partial charge in [0.2, 0.25) is 0 Å². The number of hydrogen-bond donors (Lipinski definition) is 1. The molecule has 4 nitrogen and oxygen atoms in total. The van der Waals surface area contributed by atoms with E-state index < -0.39 is 10.3 Å². The molecule has 1 atom stereocenters. The van der Waals surface area contributed by atoms with Crippen molar-refractivity contribution in [3.63, 3.8) is 0 Å². The Balaban J connectivity index is 2.39. The minimum absolute atomic E-state index is 0.113. The van der Waals surface area contributed by atoms with Crippen LogP contribution >= 0.6 is 0 Å². The van der Waals surface area contributed by atoms with Gasteiger partial charge in [-0.25, -0.2) is 0 Å². The molecule has 1 aromatic carbocycles. The Labute approximate surface area is 101 Å². The molecular weight excluding hydrogens is 238 g/mol. The largest absolute Gasteiger partial charge is 0.337 e. The second-order valence-corrected chi connectivity index (χ2v) is 5.35. The van der Waals surface area contributed by atoms with Crippen LogP contribution in [0.2, 0.25) is 0 Å². The number of aryl methyl sites for hydroxylation is 1. The first kappa shape index (κ1) is 12.1. The maximum Gasteiger partial charge on any atom is 0.337 e. The maximum atomic E-state index is 11.3. The Hall–Kier alpha value is -1.35. The van der Waals surface area contributed by atoms with Crippen molar-refractivity contribution in [2.75, 3.05) is 6.54 Å². The topological polar surface area (TPSA) is 57.6 Å². The molecule has 1 N–H and O–H groups in total. The van der Waals surface area contributed by atoms with Crippen LogP contribution in [0.3, 0.4) is 0 Å². The van der Waals surface area contributed by atoms with Gasteiger partial charge in [0.05, 0.1) is 12.6 Å². The van der Waals surface area contributed by atoms with Gasteiger partial charge in [0.25, 0.3) is 0 Å². The minimum atomic E-state index is -4.26. The summed E-state index contributed by atoms with van der Waals surface area (Å²) in [6.07, 6.45) is 6.60. The van der Waals surface area contributed by atoms with E-state index in [1.54, 1.807) is 0 Å². The molecule has 17 heavy (non-hydrogen) atoms. The van der Waals surface area contributed by atoms with Gasteiger partial charge in [-0.1, -0.05) is 30.2 Å². The van der Waals surface area contributed by atoms with Gasteiger partial charge in [-0.2, -0.15) is 12.7 Å². The summed E-state index contributed by atoms with van der Waals surface area (Å²) < 4.78 is 32.8. The molecule has 0 aromatic heterocycles. The fraction of sp³-hybridized carbons (Fsp3) is 0.333. The van der Waals surface area contributed by atoms with Gasteiger partial charge in [-0.3, -0.25) is 4.55 Å². The number of terminal acetylenes is 1. The minimum Gasteiger partial charge on any atom is -0.273 e. The Morgan fingerprint density at radius 1 is 1.47 bits per heavy atom. The van der Waals surface area contributed by atoms with E-state index in [2.05, 4.69) is 5.92 Å². The van der Waals surface area contributed by atoms with Crippen molar-refractivity contribution < 1.29 is 13.0 Å². The third-order valence-corrected chi connectivity index (χ3v) is 3.97. The summed E-state index contributed by atoms with van der Waals surface area (Å²) in [6, 6.07) is 7.27. The molecule has 1 aromatic rings. The first-order chi connectivity index (χ1) is 8.04. The van der Waals surface area contributed by atoms with Gasteiger partial charge in [0, 0.05) is 0 Å². The normalized spacial score (nSPS) is 19.0. The summed E-state index contributed by atoms with van der Waals surface area (Å²) >= 11 is 0. The average Bonchev–Trinajstić information content (AvgIpc) is 2.68. The summed E-state index contributed by atoms with van der Waals surface area (Å²) in [7, 11) is -4.26. The van der Waals surface area contributed by atoms with E-state index in [9.17, 15) is 13.0 Å². The summed E-state index contributed by atoms with van der Waals surface area (Å²) in [6.45, 7) is -0.113. The van der Waals surface area contributed by atoms with E-state index >= 15 is 0 Å². The van der Waals surface area contributed by atoms with Gasteiger partial charge in [0.1, 0.15) is 0 Å². The summed E-state index contributed by atoms with van der Waals surface area (Å²) in [5.74, 6) is 2.27.